The molecule has 0 spiro atoms. The van der Waals surface area contributed by atoms with Gasteiger partial charge in [-0.05, 0) is 20.4 Å². The van der Waals surface area contributed by atoms with Crippen molar-refractivity contribution in [3.05, 3.63) is 0 Å². The Labute approximate surface area is 66.4 Å². The third kappa shape index (κ3) is 1.87. The van der Waals surface area contributed by atoms with Gasteiger partial charge in [0.1, 0.15) is 11.6 Å². The van der Waals surface area contributed by atoms with Gasteiger partial charge < -0.3 is 0 Å². The van der Waals surface area contributed by atoms with Crippen LogP contribution in [0, 0.1) is 0 Å². The van der Waals surface area contributed by atoms with E-state index in [1.807, 2.05) is 11.9 Å². The van der Waals surface area contributed by atoms with E-state index in [1.54, 1.807) is 6.92 Å². The lowest BCUT2D eigenvalue weighted by atomic mass is 9.99. The van der Waals surface area contributed by atoms with Crippen LogP contribution in [0.2, 0.25) is 0 Å². The number of carbonyl (C=O) groups is 2. The minimum atomic E-state index is -0.0206. The van der Waals surface area contributed by atoms with Crippen molar-refractivity contribution >= 4 is 11.6 Å². The van der Waals surface area contributed by atoms with Crippen molar-refractivity contribution in [2.75, 3.05) is 13.6 Å². The first-order chi connectivity index (χ1) is 5.11. The molecule has 1 rings (SSSR count). The van der Waals surface area contributed by atoms with Gasteiger partial charge in [-0.2, -0.15) is 0 Å². The van der Waals surface area contributed by atoms with E-state index >= 15 is 0 Å². The fourth-order valence-corrected chi connectivity index (χ4v) is 1.50. The largest absolute Gasteiger partial charge is 0.298 e. The molecule has 0 bridgehead atoms. The second kappa shape index (κ2) is 3.13. The van der Waals surface area contributed by atoms with Crippen LogP contribution in [0.25, 0.3) is 0 Å². The van der Waals surface area contributed by atoms with Gasteiger partial charge in [0.2, 0.25) is 0 Å². The molecule has 62 valence electrons. The first-order valence-corrected chi connectivity index (χ1v) is 3.83. The Kier molecular flexibility index (Phi) is 2.39. The van der Waals surface area contributed by atoms with Crippen molar-refractivity contribution in [1.29, 1.82) is 0 Å². The van der Waals surface area contributed by atoms with E-state index in [-0.39, 0.29) is 17.6 Å². The fourth-order valence-electron chi connectivity index (χ4n) is 1.50. The lowest BCUT2D eigenvalue weighted by Gasteiger charge is -2.29. The predicted molar refractivity (Wildman–Crippen MR) is 41.3 cm³/mol. The molecule has 0 aromatic heterocycles. The molecule has 0 aromatic carbocycles. The summed E-state index contributed by atoms with van der Waals surface area (Å²) in [5.41, 5.74) is 0. The van der Waals surface area contributed by atoms with E-state index in [0.29, 0.717) is 19.4 Å². The Bertz CT molecular complexity index is 189. The third-order valence-electron chi connectivity index (χ3n) is 2.12. The van der Waals surface area contributed by atoms with E-state index < -0.39 is 0 Å². The topological polar surface area (TPSA) is 37.4 Å². The molecule has 0 N–H and O–H groups in total. The molecule has 0 aliphatic carbocycles. The van der Waals surface area contributed by atoms with E-state index in [4.69, 9.17) is 0 Å². The van der Waals surface area contributed by atoms with Crippen LogP contribution in [0.4, 0.5) is 0 Å². The predicted octanol–water partition coefficient (Wildman–Crippen LogP) is 0.239. The average molecular weight is 155 g/mol. The molecule has 1 aliphatic heterocycles. The zero-order chi connectivity index (χ0) is 8.43. The summed E-state index contributed by atoms with van der Waals surface area (Å²) < 4.78 is 0. The summed E-state index contributed by atoms with van der Waals surface area (Å²) >= 11 is 0. The van der Waals surface area contributed by atoms with Crippen molar-refractivity contribution in [3.8, 4) is 0 Å². The Morgan fingerprint density at radius 3 is 2.73 bits per heavy atom. The van der Waals surface area contributed by atoms with Crippen molar-refractivity contribution in [2.24, 2.45) is 0 Å². The van der Waals surface area contributed by atoms with Crippen LogP contribution in [-0.4, -0.2) is 36.1 Å². The highest BCUT2D eigenvalue weighted by atomic mass is 16.1. The first kappa shape index (κ1) is 8.40. The maximum absolute atomic E-state index is 11.0. The Balaban J connectivity index is 2.57. The van der Waals surface area contributed by atoms with Gasteiger partial charge in [-0.1, -0.05) is 0 Å². The van der Waals surface area contributed by atoms with Crippen LogP contribution in [0.1, 0.15) is 19.8 Å². The summed E-state index contributed by atoms with van der Waals surface area (Å²) in [6, 6.07) is -0.0206. The highest BCUT2D eigenvalue weighted by Gasteiger charge is 2.26. The molecular weight excluding hydrogens is 142 g/mol. The lowest BCUT2D eigenvalue weighted by Crippen LogP contribution is -2.44. The van der Waals surface area contributed by atoms with E-state index in [1.165, 1.54) is 0 Å². The maximum Gasteiger partial charge on any atom is 0.146 e. The van der Waals surface area contributed by atoms with Crippen LogP contribution in [0.5, 0.6) is 0 Å². The van der Waals surface area contributed by atoms with E-state index in [0.717, 1.165) is 0 Å². The number of hydrogen-bond acceptors (Lipinski definition) is 3. The normalized spacial score (nSPS) is 27.1. The number of piperidine rings is 1. The quantitative estimate of drug-likeness (QED) is 0.544. The van der Waals surface area contributed by atoms with Crippen LogP contribution in [0.15, 0.2) is 0 Å². The monoisotopic (exact) mass is 155 g/mol. The molecule has 1 aliphatic rings. The van der Waals surface area contributed by atoms with Gasteiger partial charge in [0.25, 0.3) is 0 Å². The standard InChI is InChI=1S/C8H13NO2/c1-6(10)8-4-3-7(11)5-9(8)2/h8H,3-5H2,1-2H3/t8-/m0/s1. The minimum absolute atomic E-state index is 0.0206. The first-order valence-electron chi connectivity index (χ1n) is 3.83. The third-order valence-corrected chi connectivity index (χ3v) is 2.12. The molecule has 0 radical (unpaired) electrons. The molecule has 11 heavy (non-hydrogen) atoms. The van der Waals surface area contributed by atoms with E-state index in [9.17, 15) is 9.59 Å². The van der Waals surface area contributed by atoms with Crippen LogP contribution in [-0.2, 0) is 9.59 Å². The fraction of sp³-hybridized carbons (Fsp3) is 0.750. The highest BCUT2D eigenvalue weighted by Crippen LogP contribution is 2.12. The average Bonchev–Trinajstić information content (AvgIpc) is 1.85. The number of Topliss-reactive ketones (excluding diaryl/α,β-unsaturated/α-hetero) is 2. The molecule has 0 saturated carbocycles. The van der Waals surface area contributed by atoms with Crippen LogP contribution >= 0.6 is 0 Å². The Hall–Kier alpha value is -0.700. The highest BCUT2D eigenvalue weighted by molar-refractivity contribution is 5.87. The van der Waals surface area contributed by atoms with Gasteiger partial charge in [-0.3, -0.25) is 14.5 Å². The Morgan fingerprint density at radius 2 is 2.27 bits per heavy atom. The molecule has 0 unspecified atom stereocenters. The summed E-state index contributed by atoms with van der Waals surface area (Å²) in [4.78, 5) is 23.7. The molecule has 1 atom stereocenters. The molecule has 0 aromatic rings. The molecule has 1 fully saturated rings. The van der Waals surface area contributed by atoms with Gasteiger partial charge in [-0.25, -0.2) is 0 Å². The summed E-state index contributed by atoms with van der Waals surface area (Å²) in [6.45, 7) is 2.02. The number of hydrogen-bond donors (Lipinski definition) is 0. The molecule has 1 heterocycles. The van der Waals surface area contributed by atoms with E-state index in [2.05, 4.69) is 0 Å². The lowest BCUT2D eigenvalue weighted by molar-refractivity contribution is -0.128. The zero-order valence-corrected chi connectivity index (χ0v) is 6.96. The second-order valence-corrected chi connectivity index (χ2v) is 3.12. The van der Waals surface area contributed by atoms with Crippen LogP contribution in [0.3, 0.4) is 0 Å². The number of nitrogens with zero attached hydrogens (tertiary/aromatic N) is 1. The smallest absolute Gasteiger partial charge is 0.146 e. The van der Waals surface area contributed by atoms with Gasteiger partial charge >= 0.3 is 0 Å². The van der Waals surface area contributed by atoms with Gasteiger partial charge in [0.05, 0.1) is 12.6 Å². The Morgan fingerprint density at radius 1 is 1.64 bits per heavy atom. The number of ketones is 2. The SMILES string of the molecule is CC(=O)[C@@H]1CCC(=O)CN1C. The van der Waals surface area contributed by atoms with Crippen molar-refractivity contribution in [3.63, 3.8) is 0 Å². The number of likely N-dealkylation sites (N-methyl/N-ethyl adjacent to an activating group) is 1. The number of likely N-dealkylation sites (tertiary alicyclic amines) is 1. The second-order valence-electron chi connectivity index (χ2n) is 3.12. The van der Waals surface area contributed by atoms with Crippen molar-refractivity contribution in [1.82, 2.24) is 4.90 Å². The summed E-state index contributed by atoms with van der Waals surface area (Å²) in [6.07, 6.45) is 1.26. The molecule has 1 saturated heterocycles. The number of carbonyl (C=O) groups excluding carboxylic acids is 2. The van der Waals surface area contributed by atoms with Gasteiger partial charge in [0.15, 0.2) is 0 Å². The maximum atomic E-state index is 11.0. The van der Waals surface area contributed by atoms with Gasteiger partial charge in [-0.15, -0.1) is 0 Å². The van der Waals surface area contributed by atoms with Crippen molar-refractivity contribution in [2.45, 2.75) is 25.8 Å². The van der Waals surface area contributed by atoms with Crippen molar-refractivity contribution < 1.29 is 9.59 Å². The molecule has 0 amide bonds. The summed E-state index contributed by atoms with van der Waals surface area (Å²) in [5, 5.41) is 0. The van der Waals surface area contributed by atoms with Gasteiger partial charge in [0, 0.05) is 6.42 Å². The van der Waals surface area contributed by atoms with Crippen LogP contribution < -0.4 is 0 Å². The minimum Gasteiger partial charge on any atom is -0.298 e. The number of rotatable bonds is 1. The zero-order valence-electron chi connectivity index (χ0n) is 6.96. The summed E-state index contributed by atoms with van der Waals surface area (Å²) in [7, 11) is 1.82. The molecular formula is C8H13NO2. The molecule has 3 heteroatoms. The molecule has 3 nitrogen and oxygen atoms in total. The summed E-state index contributed by atoms with van der Waals surface area (Å²) in [5.74, 6) is 0.407.